The lowest BCUT2D eigenvalue weighted by Gasteiger charge is -2.42. The molecule has 1 fully saturated rings. The van der Waals surface area contributed by atoms with Crippen LogP contribution in [0.2, 0.25) is 0 Å². The quantitative estimate of drug-likeness (QED) is 0.726. The van der Waals surface area contributed by atoms with Gasteiger partial charge in [0.1, 0.15) is 6.54 Å². The maximum atomic E-state index is 13.8. The second-order valence-electron chi connectivity index (χ2n) is 9.79. The normalized spacial score (nSPS) is 17.5. The summed E-state index contributed by atoms with van der Waals surface area (Å²) in [5.41, 5.74) is 4.53. The Morgan fingerprint density at radius 2 is 1.67 bits per heavy atom. The molecular weight excluding hydrogens is 414 g/mol. The summed E-state index contributed by atoms with van der Waals surface area (Å²) in [7, 11) is 3.43. The van der Waals surface area contributed by atoms with Crippen molar-refractivity contribution >= 4 is 17.7 Å². The van der Waals surface area contributed by atoms with E-state index in [9.17, 15) is 14.4 Å². The maximum absolute atomic E-state index is 13.8. The van der Waals surface area contributed by atoms with Gasteiger partial charge in [0.25, 0.3) is 5.91 Å². The third kappa shape index (κ3) is 4.52. The Morgan fingerprint density at radius 3 is 2.30 bits per heavy atom. The molecule has 2 aliphatic heterocycles. The number of hydrogen-bond donors (Lipinski definition) is 0. The van der Waals surface area contributed by atoms with Crippen LogP contribution < -0.4 is 0 Å². The van der Waals surface area contributed by atoms with E-state index in [1.54, 1.807) is 19.0 Å². The van der Waals surface area contributed by atoms with E-state index in [0.29, 0.717) is 38.9 Å². The monoisotopic (exact) mass is 447 g/mol. The lowest BCUT2D eigenvalue weighted by Crippen LogP contribution is -2.52. The molecule has 4 rings (SSSR count). The van der Waals surface area contributed by atoms with Crippen molar-refractivity contribution in [3.8, 4) is 0 Å². The molecule has 2 aromatic rings. The zero-order valence-electron chi connectivity index (χ0n) is 20.1. The predicted molar refractivity (Wildman–Crippen MR) is 128 cm³/mol. The zero-order valence-corrected chi connectivity index (χ0v) is 20.1. The van der Waals surface area contributed by atoms with Gasteiger partial charge < -0.3 is 14.7 Å². The number of nitrogens with zero attached hydrogens (tertiary/aromatic N) is 3. The SMILES string of the molecule is Cc1ccc(C(=O)N2CCC3(CC2)Cc2ccccc2CN(CC(=O)N(C)C)C3=O)c(C)c1. The molecule has 0 aliphatic carbocycles. The van der Waals surface area contributed by atoms with Gasteiger partial charge in [0, 0.05) is 39.3 Å². The minimum Gasteiger partial charge on any atom is -0.347 e. The first-order valence-corrected chi connectivity index (χ1v) is 11.6. The van der Waals surface area contributed by atoms with Gasteiger partial charge in [-0.1, -0.05) is 42.0 Å². The fraction of sp³-hybridized carbons (Fsp3) is 0.444. The summed E-state index contributed by atoms with van der Waals surface area (Å²) in [5.74, 6) is -0.0173. The molecule has 0 N–H and O–H groups in total. The zero-order chi connectivity index (χ0) is 23.8. The van der Waals surface area contributed by atoms with Crippen molar-refractivity contribution in [1.29, 1.82) is 0 Å². The van der Waals surface area contributed by atoms with E-state index in [2.05, 4.69) is 6.07 Å². The molecular formula is C27H33N3O3. The number of likely N-dealkylation sites (tertiary alicyclic amines) is 1. The van der Waals surface area contributed by atoms with Gasteiger partial charge >= 0.3 is 0 Å². The van der Waals surface area contributed by atoms with Gasteiger partial charge in [-0.3, -0.25) is 14.4 Å². The van der Waals surface area contributed by atoms with Crippen LogP contribution in [0.1, 0.15) is 45.5 Å². The summed E-state index contributed by atoms with van der Waals surface area (Å²) in [6.07, 6.45) is 1.85. The molecule has 0 atom stereocenters. The highest BCUT2D eigenvalue weighted by Crippen LogP contribution is 2.41. The number of carbonyl (C=O) groups is 3. The van der Waals surface area contributed by atoms with Crippen LogP contribution in [0.25, 0.3) is 0 Å². The summed E-state index contributed by atoms with van der Waals surface area (Å²) in [6, 6.07) is 14.0. The van der Waals surface area contributed by atoms with Crippen LogP contribution in [0.5, 0.6) is 0 Å². The van der Waals surface area contributed by atoms with Gasteiger partial charge in [-0.15, -0.1) is 0 Å². The van der Waals surface area contributed by atoms with Crippen LogP contribution in [0, 0.1) is 19.3 Å². The van der Waals surface area contributed by atoms with Gasteiger partial charge in [-0.05, 0) is 55.9 Å². The summed E-state index contributed by atoms with van der Waals surface area (Å²) in [4.78, 5) is 44.7. The van der Waals surface area contributed by atoms with Crippen molar-refractivity contribution in [1.82, 2.24) is 14.7 Å². The van der Waals surface area contributed by atoms with E-state index in [-0.39, 0.29) is 24.3 Å². The summed E-state index contributed by atoms with van der Waals surface area (Å²) in [6.45, 7) is 5.59. The highest BCUT2D eigenvalue weighted by molar-refractivity contribution is 5.96. The number of amides is 3. The van der Waals surface area contributed by atoms with Gasteiger partial charge in [0.15, 0.2) is 0 Å². The largest absolute Gasteiger partial charge is 0.347 e. The van der Waals surface area contributed by atoms with Crippen molar-refractivity contribution in [3.63, 3.8) is 0 Å². The van der Waals surface area contributed by atoms with E-state index in [1.807, 2.05) is 55.1 Å². The van der Waals surface area contributed by atoms with Crippen LogP contribution in [0.15, 0.2) is 42.5 Å². The van der Waals surface area contributed by atoms with E-state index in [4.69, 9.17) is 0 Å². The smallest absolute Gasteiger partial charge is 0.254 e. The van der Waals surface area contributed by atoms with E-state index in [1.165, 1.54) is 10.5 Å². The second-order valence-corrected chi connectivity index (χ2v) is 9.79. The van der Waals surface area contributed by atoms with Crippen molar-refractivity contribution in [3.05, 3.63) is 70.3 Å². The third-order valence-electron chi connectivity index (χ3n) is 7.19. The first kappa shape index (κ1) is 23.0. The Kier molecular flexibility index (Phi) is 6.28. The average molecular weight is 448 g/mol. The average Bonchev–Trinajstić information content (AvgIpc) is 2.89. The fourth-order valence-corrected chi connectivity index (χ4v) is 5.12. The maximum Gasteiger partial charge on any atom is 0.254 e. The third-order valence-corrected chi connectivity index (χ3v) is 7.19. The molecule has 3 amide bonds. The summed E-state index contributed by atoms with van der Waals surface area (Å²) >= 11 is 0. The number of rotatable bonds is 3. The number of benzene rings is 2. The van der Waals surface area contributed by atoms with Crippen LogP contribution in [0.4, 0.5) is 0 Å². The van der Waals surface area contributed by atoms with Crippen molar-refractivity contribution < 1.29 is 14.4 Å². The molecule has 2 aliphatic rings. The minimum absolute atomic E-state index is 0.0310. The Balaban J connectivity index is 1.58. The van der Waals surface area contributed by atoms with Crippen LogP contribution in [-0.4, -0.2) is 66.2 Å². The van der Waals surface area contributed by atoms with Gasteiger partial charge in [0.05, 0.1) is 5.41 Å². The van der Waals surface area contributed by atoms with Gasteiger partial charge in [-0.25, -0.2) is 0 Å². The second kappa shape index (κ2) is 9.00. The first-order chi connectivity index (χ1) is 15.7. The Morgan fingerprint density at radius 1 is 1.00 bits per heavy atom. The molecule has 6 heteroatoms. The molecule has 0 saturated carbocycles. The van der Waals surface area contributed by atoms with Crippen molar-refractivity contribution in [2.45, 2.75) is 39.7 Å². The Labute approximate surface area is 196 Å². The molecule has 0 bridgehead atoms. The predicted octanol–water partition coefficient (Wildman–Crippen LogP) is 3.20. The van der Waals surface area contributed by atoms with Crippen molar-refractivity contribution in [2.75, 3.05) is 33.7 Å². The molecule has 2 aromatic carbocycles. The van der Waals surface area contributed by atoms with Crippen LogP contribution in [-0.2, 0) is 22.6 Å². The van der Waals surface area contributed by atoms with E-state index < -0.39 is 5.41 Å². The Bertz CT molecular complexity index is 1080. The minimum atomic E-state index is -0.585. The summed E-state index contributed by atoms with van der Waals surface area (Å²) < 4.78 is 0. The highest BCUT2D eigenvalue weighted by Gasteiger charge is 2.46. The molecule has 2 heterocycles. The Hall–Kier alpha value is -3.15. The van der Waals surface area contributed by atoms with Gasteiger partial charge in [0.2, 0.25) is 11.8 Å². The standard InChI is InChI=1S/C27H33N3O3/c1-19-9-10-23(20(2)15-19)25(32)29-13-11-27(12-14-29)16-21-7-5-6-8-22(21)17-30(26(27)33)18-24(31)28(3)4/h5-10,15H,11-14,16-18H2,1-4H3. The topological polar surface area (TPSA) is 60.9 Å². The molecule has 1 saturated heterocycles. The summed E-state index contributed by atoms with van der Waals surface area (Å²) in [5, 5.41) is 0. The van der Waals surface area contributed by atoms with Crippen LogP contribution >= 0.6 is 0 Å². The molecule has 0 radical (unpaired) electrons. The molecule has 0 aromatic heterocycles. The molecule has 33 heavy (non-hydrogen) atoms. The lowest BCUT2D eigenvalue weighted by atomic mass is 9.72. The number of aryl methyl sites for hydroxylation is 2. The number of fused-ring (bicyclic) bond motifs is 1. The van der Waals surface area contributed by atoms with Gasteiger partial charge in [-0.2, -0.15) is 0 Å². The number of likely N-dealkylation sites (N-methyl/N-ethyl adjacent to an activating group) is 1. The number of piperidine rings is 1. The molecule has 6 nitrogen and oxygen atoms in total. The van der Waals surface area contributed by atoms with Crippen LogP contribution in [0.3, 0.4) is 0 Å². The van der Waals surface area contributed by atoms with E-state index in [0.717, 1.165) is 22.3 Å². The lowest BCUT2D eigenvalue weighted by molar-refractivity contribution is -0.149. The van der Waals surface area contributed by atoms with Crippen molar-refractivity contribution in [2.24, 2.45) is 5.41 Å². The molecule has 174 valence electrons. The highest BCUT2D eigenvalue weighted by atomic mass is 16.2. The number of carbonyl (C=O) groups excluding carboxylic acids is 3. The molecule has 1 spiro atoms. The van der Waals surface area contributed by atoms with E-state index >= 15 is 0 Å². The fourth-order valence-electron chi connectivity index (χ4n) is 5.12. The number of hydrogen-bond acceptors (Lipinski definition) is 3. The molecule has 0 unspecified atom stereocenters. The first-order valence-electron chi connectivity index (χ1n) is 11.6.